The smallest absolute Gasteiger partial charge is 0.319 e. The first kappa shape index (κ1) is 16.3. The van der Waals surface area contributed by atoms with Crippen molar-refractivity contribution in [2.75, 3.05) is 19.0 Å². The fourth-order valence-electron chi connectivity index (χ4n) is 1.72. The Balaban J connectivity index is 2.67. The van der Waals surface area contributed by atoms with E-state index in [-0.39, 0.29) is 30.1 Å². The van der Waals surface area contributed by atoms with Crippen LogP contribution in [0.1, 0.15) is 18.9 Å². The molecule has 1 aromatic carbocycles. The number of urea groups is 1. The number of rotatable bonds is 6. The summed E-state index contributed by atoms with van der Waals surface area (Å²) in [4.78, 5) is 22.3. The van der Waals surface area contributed by atoms with E-state index < -0.39 is 12.0 Å². The van der Waals surface area contributed by atoms with Gasteiger partial charge < -0.3 is 20.5 Å². The van der Waals surface area contributed by atoms with Gasteiger partial charge in [0.05, 0.1) is 12.7 Å². The number of methoxy groups -OCH3 is 1. The predicted octanol–water partition coefficient (Wildman–Crippen LogP) is 1.80. The number of aliphatic carboxylic acids is 1. The summed E-state index contributed by atoms with van der Waals surface area (Å²) in [5, 5.41) is 22.8. The molecule has 0 bridgehead atoms. The standard InChI is InChI=1S/C14H17N3O4/c1-9(6-12(18)19)8-16-14(20)17-13-10(7-15)4-3-5-11(13)21-2/h3-5,9H,6,8H2,1-2H3,(H,18,19)(H2,16,17,20). The average Bonchev–Trinajstić information content (AvgIpc) is 2.44. The Bertz CT molecular complexity index is 566. The highest BCUT2D eigenvalue weighted by Gasteiger charge is 2.13. The molecule has 2 amide bonds. The van der Waals surface area contributed by atoms with Crippen LogP contribution in [0.2, 0.25) is 0 Å². The molecule has 0 aliphatic carbocycles. The molecule has 7 nitrogen and oxygen atoms in total. The van der Waals surface area contributed by atoms with Gasteiger partial charge in [0.2, 0.25) is 0 Å². The van der Waals surface area contributed by atoms with Gasteiger partial charge in [0.25, 0.3) is 0 Å². The van der Waals surface area contributed by atoms with E-state index in [4.69, 9.17) is 15.1 Å². The van der Waals surface area contributed by atoms with Crippen LogP contribution >= 0.6 is 0 Å². The molecule has 112 valence electrons. The van der Waals surface area contributed by atoms with Crippen LogP contribution in [-0.4, -0.2) is 30.8 Å². The van der Waals surface area contributed by atoms with Crippen molar-refractivity contribution in [1.29, 1.82) is 5.26 Å². The fraction of sp³-hybridized carbons (Fsp3) is 0.357. The van der Waals surface area contributed by atoms with Gasteiger partial charge in [-0.2, -0.15) is 5.26 Å². The molecule has 3 N–H and O–H groups in total. The fourth-order valence-corrected chi connectivity index (χ4v) is 1.72. The highest BCUT2D eigenvalue weighted by atomic mass is 16.5. The van der Waals surface area contributed by atoms with Crippen LogP contribution in [0.3, 0.4) is 0 Å². The van der Waals surface area contributed by atoms with E-state index in [9.17, 15) is 9.59 Å². The highest BCUT2D eigenvalue weighted by Crippen LogP contribution is 2.27. The summed E-state index contributed by atoms with van der Waals surface area (Å²) >= 11 is 0. The van der Waals surface area contributed by atoms with E-state index in [1.807, 2.05) is 6.07 Å². The molecule has 0 aliphatic rings. The molecule has 1 aromatic rings. The molecular weight excluding hydrogens is 274 g/mol. The van der Waals surface area contributed by atoms with Crippen molar-refractivity contribution in [2.24, 2.45) is 5.92 Å². The van der Waals surface area contributed by atoms with E-state index >= 15 is 0 Å². The summed E-state index contributed by atoms with van der Waals surface area (Å²) in [6, 6.07) is 6.28. The van der Waals surface area contributed by atoms with E-state index in [1.165, 1.54) is 7.11 Å². The first-order valence-electron chi connectivity index (χ1n) is 6.31. The second kappa shape index (κ2) is 7.75. The van der Waals surface area contributed by atoms with Gasteiger partial charge in [-0.05, 0) is 18.1 Å². The molecule has 0 spiro atoms. The Morgan fingerprint density at radius 2 is 2.19 bits per heavy atom. The minimum atomic E-state index is -0.916. The number of amides is 2. The van der Waals surface area contributed by atoms with Crippen molar-refractivity contribution < 1.29 is 19.4 Å². The van der Waals surface area contributed by atoms with Crippen molar-refractivity contribution in [3.63, 3.8) is 0 Å². The lowest BCUT2D eigenvalue weighted by atomic mass is 10.1. The number of anilines is 1. The molecular formula is C14H17N3O4. The molecule has 7 heteroatoms. The van der Waals surface area contributed by atoms with Crippen LogP contribution in [0.4, 0.5) is 10.5 Å². The number of carboxylic acids is 1. The predicted molar refractivity (Wildman–Crippen MR) is 76.1 cm³/mol. The van der Waals surface area contributed by atoms with E-state index in [0.29, 0.717) is 5.75 Å². The van der Waals surface area contributed by atoms with Crippen LogP contribution in [-0.2, 0) is 4.79 Å². The second-order valence-electron chi connectivity index (χ2n) is 4.53. The number of hydrogen-bond donors (Lipinski definition) is 3. The lowest BCUT2D eigenvalue weighted by Gasteiger charge is -2.14. The Kier molecular flexibility index (Phi) is 6.01. The number of carbonyl (C=O) groups excluding carboxylic acids is 1. The summed E-state index contributed by atoms with van der Waals surface area (Å²) in [5.41, 5.74) is 0.564. The minimum Gasteiger partial charge on any atom is -0.495 e. The molecule has 0 aromatic heterocycles. The summed E-state index contributed by atoms with van der Waals surface area (Å²) in [6.07, 6.45) is -0.0294. The number of hydrogen-bond acceptors (Lipinski definition) is 4. The number of carbonyl (C=O) groups is 2. The highest BCUT2D eigenvalue weighted by molar-refractivity contribution is 5.92. The number of para-hydroxylation sites is 1. The Morgan fingerprint density at radius 1 is 1.48 bits per heavy atom. The number of nitriles is 1. The zero-order chi connectivity index (χ0) is 15.8. The summed E-state index contributed by atoms with van der Waals surface area (Å²) < 4.78 is 5.10. The molecule has 1 unspecified atom stereocenters. The molecule has 21 heavy (non-hydrogen) atoms. The third kappa shape index (κ3) is 5.03. The van der Waals surface area contributed by atoms with E-state index in [1.54, 1.807) is 25.1 Å². The minimum absolute atomic E-state index is 0.0294. The first-order chi connectivity index (χ1) is 9.97. The van der Waals surface area contributed by atoms with Crippen molar-refractivity contribution >= 4 is 17.7 Å². The Hall–Kier alpha value is -2.75. The summed E-state index contributed by atoms with van der Waals surface area (Å²) in [6.45, 7) is 1.94. The van der Waals surface area contributed by atoms with Crippen molar-refractivity contribution in [3.05, 3.63) is 23.8 Å². The van der Waals surface area contributed by atoms with Crippen molar-refractivity contribution in [2.45, 2.75) is 13.3 Å². The third-order valence-corrected chi connectivity index (χ3v) is 2.74. The maximum atomic E-state index is 11.8. The van der Waals surface area contributed by atoms with Crippen molar-refractivity contribution in [3.8, 4) is 11.8 Å². The van der Waals surface area contributed by atoms with Gasteiger partial charge in [0.15, 0.2) is 0 Å². The Labute approximate surface area is 122 Å². The summed E-state index contributed by atoms with van der Waals surface area (Å²) in [5.74, 6) is -0.731. The van der Waals surface area contributed by atoms with Gasteiger partial charge in [0.1, 0.15) is 17.5 Å². The zero-order valence-electron chi connectivity index (χ0n) is 11.8. The van der Waals surface area contributed by atoms with Gasteiger partial charge in [-0.3, -0.25) is 4.79 Å². The topological polar surface area (TPSA) is 111 Å². The molecule has 0 heterocycles. The van der Waals surface area contributed by atoms with Gasteiger partial charge in [-0.1, -0.05) is 13.0 Å². The molecule has 0 radical (unpaired) electrons. The van der Waals surface area contributed by atoms with Gasteiger partial charge in [-0.15, -0.1) is 0 Å². The monoisotopic (exact) mass is 291 g/mol. The SMILES string of the molecule is COc1cccc(C#N)c1NC(=O)NCC(C)CC(=O)O. The Morgan fingerprint density at radius 3 is 2.76 bits per heavy atom. The molecule has 1 atom stereocenters. The largest absolute Gasteiger partial charge is 0.495 e. The zero-order valence-corrected chi connectivity index (χ0v) is 11.8. The van der Waals surface area contributed by atoms with Crippen LogP contribution < -0.4 is 15.4 Å². The van der Waals surface area contributed by atoms with Crippen LogP contribution in [0.25, 0.3) is 0 Å². The van der Waals surface area contributed by atoms with Gasteiger partial charge in [0, 0.05) is 13.0 Å². The normalized spacial score (nSPS) is 11.1. The van der Waals surface area contributed by atoms with Crippen LogP contribution in [0, 0.1) is 17.2 Å². The molecule has 0 aliphatic heterocycles. The lowest BCUT2D eigenvalue weighted by molar-refractivity contribution is -0.137. The number of carboxylic acid groups (broad SMARTS) is 1. The molecule has 0 saturated heterocycles. The van der Waals surface area contributed by atoms with Gasteiger partial charge in [-0.25, -0.2) is 4.79 Å². The maximum absolute atomic E-state index is 11.8. The lowest BCUT2D eigenvalue weighted by Crippen LogP contribution is -2.33. The quantitative estimate of drug-likeness (QED) is 0.740. The molecule has 0 fully saturated rings. The van der Waals surface area contributed by atoms with E-state index in [2.05, 4.69) is 10.6 Å². The van der Waals surface area contributed by atoms with Crippen LogP contribution in [0.5, 0.6) is 5.75 Å². The first-order valence-corrected chi connectivity index (χ1v) is 6.31. The number of benzene rings is 1. The van der Waals surface area contributed by atoms with E-state index in [0.717, 1.165) is 0 Å². The second-order valence-corrected chi connectivity index (χ2v) is 4.53. The summed E-state index contributed by atoms with van der Waals surface area (Å²) in [7, 11) is 1.44. The third-order valence-electron chi connectivity index (χ3n) is 2.74. The average molecular weight is 291 g/mol. The number of ether oxygens (including phenoxy) is 1. The molecule has 0 saturated carbocycles. The van der Waals surface area contributed by atoms with Crippen LogP contribution in [0.15, 0.2) is 18.2 Å². The number of nitrogens with zero attached hydrogens (tertiary/aromatic N) is 1. The number of nitrogens with one attached hydrogen (secondary N) is 2. The maximum Gasteiger partial charge on any atom is 0.319 e. The molecule has 1 rings (SSSR count). The van der Waals surface area contributed by atoms with Crippen molar-refractivity contribution in [1.82, 2.24) is 5.32 Å². The van der Waals surface area contributed by atoms with Gasteiger partial charge >= 0.3 is 12.0 Å².